The van der Waals surface area contributed by atoms with Gasteiger partial charge in [0.15, 0.2) is 6.61 Å². The number of amides is 1. The maximum Gasteiger partial charge on any atom is 0.326 e. The highest BCUT2D eigenvalue weighted by Gasteiger charge is 2.33. The van der Waals surface area contributed by atoms with Crippen molar-refractivity contribution in [1.82, 2.24) is 4.90 Å². The second-order valence-corrected chi connectivity index (χ2v) is 5.60. The maximum absolute atomic E-state index is 12.1. The fraction of sp³-hybridized carbons (Fsp3) is 0.500. The van der Waals surface area contributed by atoms with E-state index in [4.69, 9.17) is 9.84 Å². The standard InChI is InChI=1S/C16H21NO4/c1-11(2)12-5-3-6-13(9-12)21-10-15(18)17-8-4-7-14(17)16(19)20/h3,5-6,9,11,14H,4,7-8,10H2,1-2H3,(H,19,20)/t14-/m0/s1. The second-order valence-electron chi connectivity index (χ2n) is 5.60. The van der Waals surface area contributed by atoms with E-state index in [1.807, 2.05) is 18.2 Å². The number of carbonyl (C=O) groups is 2. The first kappa shape index (κ1) is 15.4. The van der Waals surface area contributed by atoms with Crippen molar-refractivity contribution in [3.63, 3.8) is 0 Å². The first-order valence-corrected chi connectivity index (χ1v) is 7.24. The lowest BCUT2D eigenvalue weighted by Gasteiger charge is -2.21. The van der Waals surface area contributed by atoms with Gasteiger partial charge in [-0.15, -0.1) is 0 Å². The molecule has 1 aliphatic rings. The molecule has 1 saturated heterocycles. The van der Waals surface area contributed by atoms with Gasteiger partial charge in [-0.1, -0.05) is 26.0 Å². The van der Waals surface area contributed by atoms with E-state index < -0.39 is 12.0 Å². The molecule has 0 aromatic heterocycles. The summed E-state index contributed by atoms with van der Waals surface area (Å²) < 4.78 is 5.51. The Balaban J connectivity index is 1.95. The number of likely N-dealkylation sites (tertiary alicyclic amines) is 1. The Bertz CT molecular complexity index is 527. The molecule has 1 heterocycles. The van der Waals surface area contributed by atoms with Crippen molar-refractivity contribution in [2.24, 2.45) is 0 Å². The zero-order valence-corrected chi connectivity index (χ0v) is 12.4. The third kappa shape index (κ3) is 3.74. The summed E-state index contributed by atoms with van der Waals surface area (Å²) in [6, 6.07) is 6.92. The number of benzene rings is 1. The van der Waals surface area contributed by atoms with E-state index in [-0.39, 0.29) is 12.5 Å². The number of aliphatic carboxylic acids is 1. The van der Waals surface area contributed by atoms with Crippen molar-refractivity contribution >= 4 is 11.9 Å². The highest BCUT2D eigenvalue weighted by atomic mass is 16.5. The molecule has 0 unspecified atom stereocenters. The fourth-order valence-corrected chi connectivity index (χ4v) is 2.51. The van der Waals surface area contributed by atoms with Crippen molar-refractivity contribution in [3.05, 3.63) is 29.8 Å². The molecular formula is C16H21NO4. The van der Waals surface area contributed by atoms with Crippen LogP contribution in [0.3, 0.4) is 0 Å². The summed E-state index contributed by atoms with van der Waals surface area (Å²) in [4.78, 5) is 24.6. The first-order valence-electron chi connectivity index (χ1n) is 7.24. The summed E-state index contributed by atoms with van der Waals surface area (Å²) in [6.45, 7) is 4.55. The molecule has 1 atom stereocenters. The minimum Gasteiger partial charge on any atom is -0.484 e. The normalized spacial score (nSPS) is 18.0. The lowest BCUT2D eigenvalue weighted by atomic mass is 10.0. The molecule has 1 N–H and O–H groups in total. The number of rotatable bonds is 5. The van der Waals surface area contributed by atoms with Crippen molar-refractivity contribution in [1.29, 1.82) is 0 Å². The van der Waals surface area contributed by atoms with Crippen LogP contribution in [0.5, 0.6) is 5.75 Å². The molecule has 0 radical (unpaired) electrons. The van der Waals surface area contributed by atoms with Crippen LogP contribution in [0.4, 0.5) is 0 Å². The van der Waals surface area contributed by atoms with Crippen LogP contribution in [0.15, 0.2) is 24.3 Å². The summed E-state index contributed by atoms with van der Waals surface area (Å²) in [5.74, 6) is -0.183. The largest absolute Gasteiger partial charge is 0.484 e. The smallest absolute Gasteiger partial charge is 0.326 e. The predicted molar refractivity (Wildman–Crippen MR) is 78.4 cm³/mol. The van der Waals surface area contributed by atoms with E-state index >= 15 is 0 Å². The molecule has 5 nitrogen and oxygen atoms in total. The molecule has 5 heteroatoms. The molecular weight excluding hydrogens is 270 g/mol. The van der Waals surface area contributed by atoms with Gasteiger partial charge < -0.3 is 14.7 Å². The van der Waals surface area contributed by atoms with Crippen LogP contribution < -0.4 is 4.74 Å². The van der Waals surface area contributed by atoms with E-state index in [2.05, 4.69) is 13.8 Å². The number of hydrogen-bond acceptors (Lipinski definition) is 3. The molecule has 0 aliphatic carbocycles. The molecule has 114 valence electrons. The monoisotopic (exact) mass is 291 g/mol. The van der Waals surface area contributed by atoms with Gasteiger partial charge in [-0.3, -0.25) is 4.79 Å². The van der Waals surface area contributed by atoms with Gasteiger partial charge in [0.05, 0.1) is 0 Å². The number of carboxylic acids is 1. The van der Waals surface area contributed by atoms with Crippen LogP contribution in [-0.2, 0) is 9.59 Å². The van der Waals surface area contributed by atoms with Crippen molar-refractivity contribution < 1.29 is 19.4 Å². The zero-order valence-electron chi connectivity index (χ0n) is 12.4. The average molecular weight is 291 g/mol. The summed E-state index contributed by atoms with van der Waals surface area (Å²) in [7, 11) is 0. The van der Waals surface area contributed by atoms with Gasteiger partial charge >= 0.3 is 5.97 Å². The highest BCUT2D eigenvalue weighted by Crippen LogP contribution is 2.21. The Labute approximate surface area is 124 Å². The van der Waals surface area contributed by atoms with Crippen LogP contribution in [0, 0.1) is 0 Å². The average Bonchev–Trinajstić information content (AvgIpc) is 2.94. The van der Waals surface area contributed by atoms with Gasteiger partial charge in [0.2, 0.25) is 0 Å². The SMILES string of the molecule is CC(C)c1cccc(OCC(=O)N2CCC[C@H]2C(=O)O)c1. The van der Waals surface area contributed by atoms with Crippen LogP contribution in [0.1, 0.15) is 38.2 Å². The first-order chi connectivity index (χ1) is 9.99. The number of carboxylic acid groups (broad SMARTS) is 1. The van der Waals surface area contributed by atoms with Crippen molar-refractivity contribution in [3.8, 4) is 5.75 Å². The Kier molecular flexibility index (Phi) is 4.83. The van der Waals surface area contributed by atoms with E-state index in [0.717, 1.165) is 12.0 Å². The van der Waals surface area contributed by atoms with E-state index in [9.17, 15) is 9.59 Å². The maximum atomic E-state index is 12.1. The molecule has 0 spiro atoms. The zero-order chi connectivity index (χ0) is 15.4. The summed E-state index contributed by atoms with van der Waals surface area (Å²) in [6.07, 6.45) is 1.25. The Hall–Kier alpha value is -2.04. The number of hydrogen-bond donors (Lipinski definition) is 1. The van der Waals surface area contributed by atoms with Gasteiger partial charge in [-0.25, -0.2) is 4.79 Å². The summed E-state index contributed by atoms with van der Waals surface area (Å²) in [5.41, 5.74) is 1.14. The van der Waals surface area contributed by atoms with Gasteiger partial charge in [-0.2, -0.15) is 0 Å². The van der Waals surface area contributed by atoms with E-state index in [1.54, 1.807) is 6.07 Å². The quantitative estimate of drug-likeness (QED) is 0.903. The van der Waals surface area contributed by atoms with Crippen LogP contribution in [0.25, 0.3) is 0 Å². The molecule has 1 aliphatic heterocycles. The van der Waals surface area contributed by atoms with Gasteiger partial charge in [0.1, 0.15) is 11.8 Å². The lowest BCUT2D eigenvalue weighted by Crippen LogP contribution is -2.42. The number of carbonyl (C=O) groups excluding carboxylic acids is 1. The number of nitrogens with zero attached hydrogens (tertiary/aromatic N) is 1. The van der Waals surface area contributed by atoms with Crippen molar-refractivity contribution in [2.45, 2.75) is 38.6 Å². The molecule has 21 heavy (non-hydrogen) atoms. The van der Waals surface area contributed by atoms with Gasteiger partial charge in [-0.05, 0) is 36.5 Å². The van der Waals surface area contributed by atoms with Gasteiger partial charge in [0.25, 0.3) is 5.91 Å². The van der Waals surface area contributed by atoms with E-state index in [0.29, 0.717) is 24.6 Å². The number of ether oxygens (including phenoxy) is 1. The Morgan fingerprint density at radius 1 is 1.43 bits per heavy atom. The topological polar surface area (TPSA) is 66.8 Å². The van der Waals surface area contributed by atoms with E-state index in [1.165, 1.54) is 4.90 Å². The lowest BCUT2D eigenvalue weighted by molar-refractivity contribution is -0.148. The van der Waals surface area contributed by atoms with Crippen molar-refractivity contribution in [2.75, 3.05) is 13.2 Å². The molecule has 1 amide bonds. The van der Waals surface area contributed by atoms with Crippen LogP contribution in [-0.4, -0.2) is 41.1 Å². The third-order valence-corrected chi connectivity index (χ3v) is 3.75. The highest BCUT2D eigenvalue weighted by molar-refractivity contribution is 5.85. The summed E-state index contributed by atoms with van der Waals surface area (Å²) in [5, 5.41) is 9.08. The van der Waals surface area contributed by atoms with Crippen LogP contribution in [0.2, 0.25) is 0 Å². The molecule has 0 saturated carbocycles. The minimum atomic E-state index is -0.942. The minimum absolute atomic E-state index is 0.120. The molecule has 2 rings (SSSR count). The molecule has 1 fully saturated rings. The third-order valence-electron chi connectivity index (χ3n) is 3.75. The predicted octanol–water partition coefficient (Wildman–Crippen LogP) is 2.26. The molecule has 1 aromatic carbocycles. The summed E-state index contributed by atoms with van der Waals surface area (Å²) >= 11 is 0. The molecule has 1 aromatic rings. The Morgan fingerprint density at radius 2 is 2.19 bits per heavy atom. The van der Waals surface area contributed by atoms with Gasteiger partial charge in [0, 0.05) is 6.54 Å². The van der Waals surface area contributed by atoms with Crippen LogP contribution >= 0.6 is 0 Å². The second kappa shape index (κ2) is 6.61. The molecule has 0 bridgehead atoms. The Morgan fingerprint density at radius 3 is 2.86 bits per heavy atom. The fourth-order valence-electron chi connectivity index (χ4n) is 2.51.